The fraction of sp³-hybridized carbons (Fsp3) is 0.211. The number of benzene rings is 2. The highest BCUT2D eigenvalue weighted by atomic mass is 19.1. The summed E-state index contributed by atoms with van der Waals surface area (Å²) >= 11 is 0. The fourth-order valence-electron chi connectivity index (χ4n) is 3.29. The van der Waals surface area contributed by atoms with Crippen molar-refractivity contribution >= 4 is 5.96 Å². The van der Waals surface area contributed by atoms with Gasteiger partial charge in [-0.3, -0.25) is 0 Å². The molecule has 1 aliphatic heterocycles. The monoisotopic (exact) mass is 309 g/mol. The molecule has 0 spiro atoms. The van der Waals surface area contributed by atoms with Gasteiger partial charge in [-0.2, -0.15) is 0 Å². The van der Waals surface area contributed by atoms with E-state index in [2.05, 4.69) is 11.6 Å². The van der Waals surface area contributed by atoms with Gasteiger partial charge in [-0.15, -0.1) is 0 Å². The Morgan fingerprint density at radius 2 is 1.74 bits per heavy atom. The quantitative estimate of drug-likeness (QED) is 0.921. The summed E-state index contributed by atoms with van der Waals surface area (Å²) in [5.74, 6) is -0.143. The minimum Gasteiger partial charge on any atom is -0.370 e. The molecule has 1 heterocycles. The lowest BCUT2D eigenvalue weighted by Crippen LogP contribution is -2.47. The maximum atomic E-state index is 14.5. The predicted molar refractivity (Wildman–Crippen MR) is 91.5 cm³/mol. The van der Waals surface area contributed by atoms with Crippen molar-refractivity contribution in [2.45, 2.75) is 18.4 Å². The van der Waals surface area contributed by atoms with Gasteiger partial charge < -0.3 is 10.6 Å². The van der Waals surface area contributed by atoms with Gasteiger partial charge in [0, 0.05) is 18.3 Å². The molecule has 118 valence electrons. The highest BCUT2D eigenvalue weighted by Crippen LogP contribution is 2.47. The summed E-state index contributed by atoms with van der Waals surface area (Å²) in [6.45, 7) is 6.11. The summed E-state index contributed by atoms with van der Waals surface area (Å²) in [7, 11) is 1.83. The van der Waals surface area contributed by atoms with Gasteiger partial charge in [-0.1, -0.05) is 55.1 Å². The third-order valence-corrected chi connectivity index (χ3v) is 4.57. The van der Waals surface area contributed by atoms with E-state index in [0.29, 0.717) is 11.5 Å². The Bertz CT molecular complexity index is 769. The van der Waals surface area contributed by atoms with Crippen LogP contribution in [0.4, 0.5) is 4.39 Å². The van der Waals surface area contributed by atoms with Crippen molar-refractivity contribution in [1.82, 2.24) is 4.90 Å². The van der Waals surface area contributed by atoms with E-state index in [0.717, 1.165) is 11.3 Å². The molecule has 2 aromatic rings. The number of nitrogens with two attached hydrogens (primary N) is 1. The van der Waals surface area contributed by atoms with Crippen LogP contribution in [-0.4, -0.2) is 17.9 Å². The second-order valence-electron chi connectivity index (χ2n) is 5.99. The third-order valence-electron chi connectivity index (χ3n) is 4.57. The second-order valence-corrected chi connectivity index (χ2v) is 5.99. The summed E-state index contributed by atoms with van der Waals surface area (Å²) in [6.07, 6.45) is 0. The van der Waals surface area contributed by atoms with E-state index in [1.807, 2.05) is 50.4 Å². The van der Waals surface area contributed by atoms with Crippen LogP contribution in [0.15, 0.2) is 71.9 Å². The maximum Gasteiger partial charge on any atom is 0.196 e. The lowest BCUT2D eigenvalue weighted by atomic mass is 9.73. The first-order valence-electron chi connectivity index (χ1n) is 7.53. The van der Waals surface area contributed by atoms with Crippen LogP contribution in [-0.2, 0) is 5.54 Å². The molecule has 23 heavy (non-hydrogen) atoms. The molecule has 0 aliphatic carbocycles. The summed E-state index contributed by atoms with van der Waals surface area (Å²) in [5, 5.41) is 0. The number of aliphatic imine (C=N–C) groups is 1. The third kappa shape index (κ3) is 2.40. The van der Waals surface area contributed by atoms with Crippen LogP contribution in [0, 0.1) is 5.82 Å². The van der Waals surface area contributed by atoms with Crippen molar-refractivity contribution in [3.63, 3.8) is 0 Å². The molecule has 0 amide bonds. The Hall–Kier alpha value is -2.62. The molecule has 0 aromatic heterocycles. The first kappa shape index (κ1) is 15.3. The van der Waals surface area contributed by atoms with Gasteiger partial charge in [0.2, 0.25) is 0 Å². The molecule has 0 unspecified atom stereocenters. The zero-order valence-electron chi connectivity index (χ0n) is 13.3. The van der Waals surface area contributed by atoms with Crippen molar-refractivity contribution in [2.75, 3.05) is 7.05 Å². The molecule has 0 radical (unpaired) electrons. The van der Waals surface area contributed by atoms with Crippen LogP contribution in [0.2, 0.25) is 0 Å². The number of rotatable bonds is 2. The summed E-state index contributed by atoms with van der Waals surface area (Å²) < 4.78 is 14.5. The number of likely N-dealkylation sites (N-methyl/N-ethyl adjacent to an activating group) is 1. The highest BCUT2D eigenvalue weighted by Gasteiger charge is 2.45. The Morgan fingerprint density at radius 1 is 1.13 bits per heavy atom. The molecule has 0 fully saturated rings. The molecule has 3 rings (SSSR count). The Labute approximate surface area is 136 Å². The molecule has 1 aliphatic rings. The summed E-state index contributed by atoms with van der Waals surface area (Å²) in [5.41, 5.74) is 7.57. The molecule has 0 saturated carbocycles. The van der Waals surface area contributed by atoms with Crippen molar-refractivity contribution < 1.29 is 4.39 Å². The minimum atomic E-state index is -0.847. The molecule has 0 saturated heterocycles. The number of guanidine groups is 1. The average molecular weight is 309 g/mol. The lowest BCUT2D eigenvalue weighted by Gasteiger charge is -2.44. The predicted octanol–water partition coefficient (Wildman–Crippen LogP) is 3.60. The molecule has 2 aromatic carbocycles. The van der Waals surface area contributed by atoms with Crippen molar-refractivity contribution in [3.05, 3.63) is 83.8 Å². The van der Waals surface area contributed by atoms with Gasteiger partial charge in [0.1, 0.15) is 11.4 Å². The van der Waals surface area contributed by atoms with Gasteiger partial charge in [-0.05, 0) is 18.6 Å². The summed E-state index contributed by atoms with van der Waals surface area (Å²) in [6, 6.07) is 16.6. The molecule has 3 nitrogen and oxygen atoms in total. The Balaban J connectivity index is 2.26. The standard InChI is InChI=1S/C19H20FN3/c1-13-17(14-9-5-4-6-10-14)19(2,22-18(21)23(13)3)15-11-7-8-12-16(15)20/h4-12,17H,1H2,2-3H3,(H2,21,22)/t17-,19+/m0/s1. The number of hydrogen-bond acceptors (Lipinski definition) is 3. The van der Waals surface area contributed by atoms with Crippen molar-refractivity contribution in [2.24, 2.45) is 10.7 Å². The maximum absolute atomic E-state index is 14.5. The Morgan fingerprint density at radius 3 is 2.39 bits per heavy atom. The molecule has 2 atom stereocenters. The second kappa shape index (κ2) is 5.54. The normalized spacial score (nSPS) is 24.5. The van der Waals surface area contributed by atoms with E-state index < -0.39 is 5.54 Å². The Kier molecular flexibility index (Phi) is 3.68. The van der Waals surface area contributed by atoms with E-state index in [9.17, 15) is 4.39 Å². The van der Waals surface area contributed by atoms with Gasteiger partial charge in [0.05, 0.1) is 5.92 Å². The van der Waals surface area contributed by atoms with Crippen LogP contribution in [0.25, 0.3) is 0 Å². The van der Waals surface area contributed by atoms with E-state index in [1.54, 1.807) is 17.0 Å². The van der Waals surface area contributed by atoms with E-state index in [4.69, 9.17) is 5.73 Å². The zero-order valence-corrected chi connectivity index (χ0v) is 13.3. The van der Waals surface area contributed by atoms with E-state index in [1.165, 1.54) is 6.07 Å². The van der Waals surface area contributed by atoms with Gasteiger partial charge in [-0.25, -0.2) is 9.38 Å². The van der Waals surface area contributed by atoms with Gasteiger partial charge in [0.15, 0.2) is 5.96 Å². The fourth-order valence-corrected chi connectivity index (χ4v) is 3.29. The molecule has 4 heteroatoms. The molecule has 2 N–H and O–H groups in total. The average Bonchev–Trinajstić information content (AvgIpc) is 2.54. The minimum absolute atomic E-state index is 0.196. The highest BCUT2D eigenvalue weighted by molar-refractivity contribution is 5.82. The topological polar surface area (TPSA) is 41.6 Å². The van der Waals surface area contributed by atoms with Crippen LogP contribution in [0.5, 0.6) is 0 Å². The number of halogens is 1. The van der Waals surface area contributed by atoms with Crippen molar-refractivity contribution in [3.8, 4) is 0 Å². The van der Waals surface area contributed by atoms with Crippen molar-refractivity contribution in [1.29, 1.82) is 0 Å². The van der Waals surface area contributed by atoms with Gasteiger partial charge in [0.25, 0.3) is 0 Å². The van der Waals surface area contributed by atoms with Gasteiger partial charge >= 0.3 is 0 Å². The lowest BCUT2D eigenvalue weighted by molar-refractivity contribution is 0.339. The van der Waals surface area contributed by atoms with E-state index >= 15 is 0 Å². The SMILES string of the molecule is C=C1[C@@H](c2ccccc2)[C@@](C)(c2ccccc2F)N=C(N)N1C. The molecular weight excluding hydrogens is 289 g/mol. The van der Waals surface area contributed by atoms with Crippen LogP contribution in [0.1, 0.15) is 24.0 Å². The van der Waals surface area contributed by atoms with Crippen LogP contribution >= 0.6 is 0 Å². The molecule has 0 bridgehead atoms. The van der Waals surface area contributed by atoms with Crippen LogP contribution in [0.3, 0.4) is 0 Å². The first-order chi connectivity index (χ1) is 10.9. The zero-order chi connectivity index (χ0) is 16.6. The summed E-state index contributed by atoms with van der Waals surface area (Å²) in [4.78, 5) is 6.42. The largest absolute Gasteiger partial charge is 0.370 e. The molecular formula is C19H20FN3. The van der Waals surface area contributed by atoms with Crippen LogP contribution < -0.4 is 5.73 Å². The first-order valence-corrected chi connectivity index (χ1v) is 7.53. The number of hydrogen-bond donors (Lipinski definition) is 1. The van der Waals surface area contributed by atoms with E-state index in [-0.39, 0.29) is 11.7 Å². The smallest absolute Gasteiger partial charge is 0.196 e. The number of nitrogens with zero attached hydrogens (tertiary/aromatic N) is 2.